The summed E-state index contributed by atoms with van der Waals surface area (Å²) in [4.78, 5) is 14.8. The molecule has 1 aliphatic rings. The second-order valence-electron chi connectivity index (χ2n) is 6.71. The van der Waals surface area contributed by atoms with Crippen LogP contribution < -0.4 is 0 Å². The fourth-order valence-corrected chi connectivity index (χ4v) is 3.60. The average molecular weight is 327 g/mol. The molecular formula is C19H25N3O2. The average Bonchev–Trinajstić information content (AvgIpc) is 2.96. The van der Waals surface area contributed by atoms with Gasteiger partial charge in [-0.25, -0.2) is 4.68 Å². The van der Waals surface area contributed by atoms with E-state index >= 15 is 0 Å². The number of hydrogen-bond donors (Lipinski definition) is 1. The lowest BCUT2D eigenvalue weighted by Crippen LogP contribution is -2.49. The monoisotopic (exact) mass is 327 g/mol. The number of aryl methyl sites for hydroxylation is 1. The van der Waals surface area contributed by atoms with E-state index in [1.807, 2.05) is 47.7 Å². The van der Waals surface area contributed by atoms with Gasteiger partial charge in [-0.15, -0.1) is 0 Å². The summed E-state index contributed by atoms with van der Waals surface area (Å²) >= 11 is 0. The molecule has 5 nitrogen and oxygen atoms in total. The van der Waals surface area contributed by atoms with Crippen LogP contribution in [0.3, 0.4) is 0 Å². The molecule has 3 rings (SSSR count). The first-order valence-corrected chi connectivity index (χ1v) is 8.57. The third-order valence-corrected chi connectivity index (χ3v) is 5.15. The van der Waals surface area contributed by atoms with Gasteiger partial charge in [-0.05, 0) is 44.2 Å². The Hall–Kier alpha value is -2.14. The normalized spacial score (nSPS) is 21.1. The second kappa shape index (κ2) is 6.77. The Morgan fingerprint density at radius 2 is 2.08 bits per heavy atom. The Kier molecular flexibility index (Phi) is 4.71. The zero-order valence-electron chi connectivity index (χ0n) is 14.6. The van der Waals surface area contributed by atoms with Crippen LogP contribution >= 0.6 is 0 Å². The van der Waals surface area contributed by atoms with Crippen molar-refractivity contribution in [2.45, 2.75) is 39.7 Å². The van der Waals surface area contributed by atoms with Crippen LogP contribution in [0.5, 0.6) is 0 Å². The van der Waals surface area contributed by atoms with Crippen LogP contribution in [-0.4, -0.2) is 44.9 Å². The van der Waals surface area contributed by atoms with Crippen LogP contribution in [0.1, 0.15) is 41.4 Å². The number of benzene rings is 1. The molecule has 1 fully saturated rings. The lowest BCUT2D eigenvalue weighted by atomic mass is 9.91. The minimum Gasteiger partial charge on any atom is -0.394 e. The first-order valence-electron chi connectivity index (χ1n) is 8.57. The van der Waals surface area contributed by atoms with Crippen molar-refractivity contribution in [3.05, 3.63) is 47.3 Å². The predicted octanol–water partition coefficient (Wildman–Crippen LogP) is 2.72. The molecule has 0 aliphatic carbocycles. The van der Waals surface area contributed by atoms with Crippen molar-refractivity contribution in [3.8, 4) is 5.69 Å². The number of likely N-dealkylation sites (tertiary alicyclic amines) is 1. The number of carbonyl (C=O) groups excluding carboxylic acids is 1. The number of para-hydroxylation sites is 1. The highest BCUT2D eigenvalue weighted by Gasteiger charge is 2.33. The Balaban J connectivity index is 1.93. The Labute approximate surface area is 142 Å². The SMILES string of the molecule is Cc1ccccc1-n1ncc(C(=O)N2CCCC(C)C2CO)c1C. The van der Waals surface area contributed by atoms with Crippen molar-refractivity contribution in [1.82, 2.24) is 14.7 Å². The van der Waals surface area contributed by atoms with Crippen molar-refractivity contribution < 1.29 is 9.90 Å². The molecule has 1 aromatic carbocycles. The fraction of sp³-hybridized carbons (Fsp3) is 0.474. The number of piperidine rings is 1. The standard InChI is InChI=1S/C19H25N3O2/c1-13-7-4-5-9-17(13)22-15(3)16(11-20-22)19(24)21-10-6-8-14(2)18(21)12-23/h4-5,7,9,11,14,18,23H,6,8,10,12H2,1-3H3. The van der Waals surface area contributed by atoms with Crippen molar-refractivity contribution in [1.29, 1.82) is 0 Å². The van der Waals surface area contributed by atoms with Gasteiger partial charge in [-0.1, -0.05) is 25.1 Å². The third-order valence-electron chi connectivity index (χ3n) is 5.15. The van der Waals surface area contributed by atoms with Crippen LogP contribution in [0.2, 0.25) is 0 Å². The molecule has 2 heterocycles. The van der Waals surface area contributed by atoms with E-state index in [1.54, 1.807) is 6.20 Å². The van der Waals surface area contributed by atoms with Gasteiger partial charge in [0, 0.05) is 6.54 Å². The van der Waals surface area contributed by atoms with Gasteiger partial charge in [0.2, 0.25) is 0 Å². The Morgan fingerprint density at radius 1 is 1.33 bits per heavy atom. The molecule has 24 heavy (non-hydrogen) atoms. The topological polar surface area (TPSA) is 58.4 Å². The number of hydrogen-bond acceptors (Lipinski definition) is 3. The largest absolute Gasteiger partial charge is 0.394 e. The van der Waals surface area contributed by atoms with E-state index < -0.39 is 0 Å². The third kappa shape index (κ3) is 2.84. The van der Waals surface area contributed by atoms with E-state index in [0.717, 1.165) is 29.8 Å². The van der Waals surface area contributed by atoms with Crippen molar-refractivity contribution in [3.63, 3.8) is 0 Å². The van der Waals surface area contributed by atoms with E-state index in [1.165, 1.54) is 0 Å². The fourth-order valence-electron chi connectivity index (χ4n) is 3.60. The highest BCUT2D eigenvalue weighted by molar-refractivity contribution is 5.95. The summed E-state index contributed by atoms with van der Waals surface area (Å²) in [6.45, 7) is 6.77. The molecule has 0 radical (unpaired) electrons. The molecule has 5 heteroatoms. The number of nitrogens with zero attached hydrogens (tertiary/aromatic N) is 3. The maximum absolute atomic E-state index is 13.0. The molecular weight excluding hydrogens is 302 g/mol. The molecule has 0 saturated carbocycles. The van der Waals surface area contributed by atoms with Gasteiger partial charge in [-0.3, -0.25) is 4.79 Å². The zero-order chi connectivity index (χ0) is 17.3. The van der Waals surface area contributed by atoms with Gasteiger partial charge in [0.25, 0.3) is 5.91 Å². The van der Waals surface area contributed by atoms with Gasteiger partial charge in [0.15, 0.2) is 0 Å². The highest BCUT2D eigenvalue weighted by atomic mass is 16.3. The number of amides is 1. The van der Waals surface area contributed by atoms with Crippen LogP contribution in [-0.2, 0) is 0 Å². The summed E-state index contributed by atoms with van der Waals surface area (Å²) in [5.74, 6) is 0.289. The molecule has 2 aromatic rings. The molecule has 128 valence electrons. The first-order chi connectivity index (χ1) is 11.5. The van der Waals surface area contributed by atoms with E-state index in [2.05, 4.69) is 12.0 Å². The summed E-state index contributed by atoms with van der Waals surface area (Å²) in [5, 5.41) is 14.1. The van der Waals surface area contributed by atoms with Gasteiger partial charge in [-0.2, -0.15) is 5.10 Å². The van der Waals surface area contributed by atoms with Crippen molar-refractivity contribution in [2.24, 2.45) is 5.92 Å². The lowest BCUT2D eigenvalue weighted by molar-refractivity contribution is 0.0358. The quantitative estimate of drug-likeness (QED) is 0.943. The summed E-state index contributed by atoms with van der Waals surface area (Å²) in [6.07, 6.45) is 3.68. The molecule has 0 spiro atoms. The predicted molar refractivity (Wildman–Crippen MR) is 93.3 cm³/mol. The molecule has 1 N–H and O–H groups in total. The number of carbonyl (C=O) groups is 1. The number of aromatic nitrogens is 2. The van der Waals surface area contributed by atoms with Crippen LogP contribution in [0.25, 0.3) is 5.69 Å². The Bertz CT molecular complexity index is 738. The van der Waals surface area contributed by atoms with E-state index in [-0.39, 0.29) is 18.6 Å². The van der Waals surface area contributed by atoms with E-state index in [9.17, 15) is 9.90 Å². The van der Waals surface area contributed by atoms with Crippen LogP contribution in [0.4, 0.5) is 0 Å². The van der Waals surface area contributed by atoms with Gasteiger partial charge < -0.3 is 10.0 Å². The Morgan fingerprint density at radius 3 is 2.79 bits per heavy atom. The zero-order valence-corrected chi connectivity index (χ0v) is 14.6. The maximum atomic E-state index is 13.0. The smallest absolute Gasteiger partial charge is 0.257 e. The molecule has 1 amide bonds. The van der Waals surface area contributed by atoms with Gasteiger partial charge in [0.05, 0.1) is 35.8 Å². The molecule has 2 atom stereocenters. The lowest BCUT2D eigenvalue weighted by Gasteiger charge is -2.39. The molecule has 1 aliphatic heterocycles. The maximum Gasteiger partial charge on any atom is 0.257 e. The minimum absolute atomic E-state index is 0.0118. The van der Waals surface area contributed by atoms with Crippen LogP contribution in [0.15, 0.2) is 30.5 Å². The number of aliphatic hydroxyl groups is 1. The van der Waals surface area contributed by atoms with Gasteiger partial charge in [0.1, 0.15) is 0 Å². The molecule has 1 aromatic heterocycles. The molecule has 0 bridgehead atoms. The van der Waals surface area contributed by atoms with Crippen LogP contribution in [0, 0.1) is 19.8 Å². The van der Waals surface area contributed by atoms with Crippen molar-refractivity contribution in [2.75, 3.05) is 13.2 Å². The van der Waals surface area contributed by atoms with Crippen molar-refractivity contribution >= 4 is 5.91 Å². The highest BCUT2D eigenvalue weighted by Crippen LogP contribution is 2.26. The van der Waals surface area contributed by atoms with Gasteiger partial charge >= 0.3 is 0 Å². The number of rotatable bonds is 3. The molecule has 1 saturated heterocycles. The summed E-state index contributed by atoms with van der Waals surface area (Å²) in [5.41, 5.74) is 3.55. The molecule has 2 unspecified atom stereocenters. The minimum atomic E-state index is -0.104. The number of aliphatic hydroxyl groups excluding tert-OH is 1. The van der Waals surface area contributed by atoms with E-state index in [4.69, 9.17) is 0 Å². The van der Waals surface area contributed by atoms with E-state index in [0.29, 0.717) is 18.0 Å². The first kappa shape index (κ1) is 16.7. The summed E-state index contributed by atoms with van der Waals surface area (Å²) in [6, 6.07) is 7.89. The summed E-state index contributed by atoms with van der Waals surface area (Å²) in [7, 11) is 0. The summed E-state index contributed by atoms with van der Waals surface area (Å²) < 4.78 is 1.82. The second-order valence-corrected chi connectivity index (χ2v) is 6.71.